The van der Waals surface area contributed by atoms with Crippen LogP contribution in [0.3, 0.4) is 0 Å². The van der Waals surface area contributed by atoms with E-state index in [1.165, 1.54) is 0 Å². The van der Waals surface area contributed by atoms with Crippen LogP contribution >= 0.6 is 0 Å². The van der Waals surface area contributed by atoms with Crippen molar-refractivity contribution in [3.8, 4) is 0 Å². The van der Waals surface area contributed by atoms with E-state index < -0.39 is 24.1 Å². The summed E-state index contributed by atoms with van der Waals surface area (Å²) in [6, 6.07) is -0.0188. The van der Waals surface area contributed by atoms with Crippen molar-refractivity contribution in [3.05, 3.63) is 0 Å². The summed E-state index contributed by atoms with van der Waals surface area (Å²) < 4.78 is 45.2. The first-order chi connectivity index (χ1) is 9.67. The van der Waals surface area contributed by atoms with E-state index in [0.717, 1.165) is 0 Å². The fourth-order valence-corrected chi connectivity index (χ4v) is 3.28. The van der Waals surface area contributed by atoms with Gasteiger partial charge < -0.3 is 9.84 Å². The first-order valence-electron chi connectivity index (χ1n) is 7.33. The molecule has 0 amide bonds. The van der Waals surface area contributed by atoms with Gasteiger partial charge in [-0.1, -0.05) is 13.8 Å². The molecule has 122 valence electrons. The summed E-state index contributed by atoms with van der Waals surface area (Å²) in [7, 11) is 0. The van der Waals surface area contributed by atoms with Gasteiger partial charge in [0, 0.05) is 19.2 Å². The topological polar surface area (TPSA) is 49.8 Å². The smallest absolute Gasteiger partial charge is 0.406 e. The van der Waals surface area contributed by atoms with Crippen molar-refractivity contribution < 1.29 is 27.8 Å². The zero-order valence-electron chi connectivity index (χ0n) is 12.3. The van der Waals surface area contributed by atoms with Crippen LogP contribution in [0.4, 0.5) is 13.2 Å². The second-order valence-corrected chi connectivity index (χ2v) is 6.44. The van der Waals surface area contributed by atoms with Crippen LogP contribution in [0.1, 0.15) is 33.1 Å². The number of hydrogen-bond donors (Lipinski definition) is 1. The molecule has 1 N–H and O–H groups in total. The number of carbonyl (C=O) groups is 1. The van der Waals surface area contributed by atoms with E-state index in [9.17, 15) is 18.0 Å². The van der Waals surface area contributed by atoms with Crippen molar-refractivity contribution in [3.63, 3.8) is 0 Å². The van der Waals surface area contributed by atoms with Crippen molar-refractivity contribution in [1.82, 2.24) is 4.90 Å². The van der Waals surface area contributed by atoms with E-state index in [1.54, 1.807) is 4.90 Å². The molecular formula is C14H22F3NO3. The van der Waals surface area contributed by atoms with Crippen LogP contribution in [0.25, 0.3) is 0 Å². The summed E-state index contributed by atoms with van der Waals surface area (Å²) in [6.45, 7) is 4.31. The van der Waals surface area contributed by atoms with E-state index in [-0.39, 0.29) is 25.1 Å². The summed E-state index contributed by atoms with van der Waals surface area (Å²) in [5, 5.41) is 9.08. The molecule has 0 saturated carbocycles. The van der Waals surface area contributed by atoms with Gasteiger partial charge in [-0.3, -0.25) is 9.69 Å². The molecule has 2 heterocycles. The number of rotatable bonds is 3. The van der Waals surface area contributed by atoms with Crippen LogP contribution < -0.4 is 0 Å². The average Bonchev–Trinajstić information content (AvgIpc) is 2.84. The molecule has 4 nitrogen and oxygen atoms in total. The lowest BCUT2D eigenvalue weighted by molar-refractivity contribution is -0.228. The molecule has 2 fully saturated rings. The average molecular weight is 309 g/mol. The molecule has 0 spiro atoms. The molecule has 0 radical (unpaired) electrons. The van der Waals surface area contributed by atoms with Crippen LogP contribution in [-0.4, -0.2) is 54.0 Å². The first-order valence-corrected chi connectivity index (χ1v) is 7.33. The SMILES string of the molecule is CC(C)C1CC(N2CCC(C(=O)O)(C(F)(F)F)C2)CCO1. The number of likely N-dealkylation sites (tertiary alicyclic amines) is 1. The third-order valence-corrected chi connectivity index (χ3v) is 4.80. The van der Waals surface area contributed by atoms with Gasteiger partial charge >= 0.3 is 12.1 Å². The second kappa shape index (κ2) is 5.76. The minimum Gasteiger partial charge on any atom is -0.481 e. The molecule has 0 bridgehead atoms. The first kappa shape index (κ1) is 16.5. The Bertz CT molecular complexity index is 399. The monoisotopic (exact) mass is 309 g/mol. The number of hydrogen-bond acceptors (Lipinski definition) is 3. The maximum Gasteiger partial charge on any atom is 0.406 e. The number of ether oxygens (including phenoxy) is 1. The highest BCUT2D eigenvalue weighted by molar-refractivity contribution is 5.76. The molecule has 0 aromatic heterocycles. The molecule has 0 aromatic rings. The normalized spacial score (nSPS) is 35.3. The Hall–Kier alpha value is -0.820. The van der Waals surface area contributed by atoms with Crippen molar-refractivity contribution in [2.45, 2.75) is 51.4 Å². The predicted molar refractivity (Wildman–Crippen MR) is 69.9 cm³/mol. The predicted octanol–water partition coefficient (Wildman–Crippen LogP) is 2.53. The molecule has 0 aromatic carbocycles. The minimum atomic E-state index is -4.71. The highest BCUT2D eigenvalue weighted by Crippen LogP contribution is 2.47. The fourth-order valence-electron chi connectivity index (χ4n) is 3.28. The van der Waals surface area contributed by atoms with E-state index >= 15 is 0 Å². The number of nitrogens with zero attached hydrogens (tertiary/aromatic N) is 1. The molecule has 3 atom stereocenters. The Morgan fingerprint density at radius 3 is 2.57 bits per heavy atom. The van der Waals surface area contributed by atoms with Gasteiger partial charge in [0.05, 0.1) is 6.10 Å². The zero-order valence-corrected chi connectivity index (χ0v) is 12.3. The Morgan fingerprint density at radius 1 is 1.43 bits per heavy atom. The second-order valence-electron chi connectivity index (χ2n) is 6.44. The van der Waals surface area contributed by atoms with E-state index in [0.29, 0.717) is 25.4 Å². The number of halogens is 3. The van der Waals surface area contributed by atoms with Gasteiger partial charge in [-0.05, 0) is 31.7 Å². The third kappa shape index (κ3) is 3.04. The lowest BCUT2D eigenvalue weighted by Crippen LogP contribution is -2.49. The quantitative estimate of drug-likeness (QED) is 0.870. The van der Waals surface area contributed by atoms with Gasteiger partial charge in [-0.2, -0.15) is 13.2 Å². The van der Waals surface area contributed by atoms with E-state index in [2.05, 4.69) is 0 Å². The van der Waals surface area contributed by atoms with Crippen LogP contribution in [-0.2, 0) is 9.53 Å². The summed E-state index contributed by atoms with van der Waals surface area (Å²) in [4.78, 5) is 12.9. The number of aliphatic carboxylic acids is 1. The largest absolute Gasteiger partial charge is 0.481 e. The van der Waals surface area contributed by atoms with Gasteiger partial charge in [-0.15, -0.1) is 0 Å². The Morgan fingerprint density at radius 2 is 2.10 bits per heavy atom. The van der Waals surface area contributed by atoms with Crippen LogP contribution in [0.5, 0.6) is 0 Å². The molecule has 7 heteroatoms. The van der Waals surface area contributed by atoms with Crippen molar-refractivity contribution in [1.29, 1.82) is 0 Å². The van der Waals surface area contributed by atoms with Gasteiger partial charge in [-0.25, -0.2) is 0 Å². The standard InChI is InChI=1S/C14H22F3NO3/c1-9(2)11-7-10(3-6-21-11)18-5-4-13(8-18,12(19)20)14(15,16)17/h9-11H,3-8H2,1-2H3,(H,19,20). The number of carboxylic acids is 1. The van der Waals surface area contributed by atoms with Crippen LogP contribution in [0.2, 0.25) is 0 Å². The molecule has 2 rings (SSSR count). The van der Waals surface area contributed by atoms with E-state index in [4.69, 9.17) is 9.84 Å². The summed E-state index contributed by atoms with van der Waals surface area (Å²) in [5.74, 6) is -1.45. The van der Waals surface area contributed by atoms with Crippen molar-refractivity contribution in [2.24, 2.45) is 11.3 Å². The molecule has 2 aliphatic rings. The van der Waals surface area contributed by atoms with Crippen LogP contribution in [0.15, 0.2) is 0 Å². The van der Waals surface area contributed by atoms with Crippen molar-refractivity contribution in [2.75, 3.05) is 19.7 Å². The molecule has 0 aliphatic carbocycles. The van der Waals surface area contributed by atoms with Gasteiger partial charge in [0.25, 0.3) is 0 Å². The molecule has 2 saturated heterocycles. The fraction of sp³-hybridized carbons (Fsp3) is 0.929. The zero-order chi connectivity index (χ0) is 15.8. The maximum atomic E-state index is 13.2. The Labute approximate surface area is 122 Å². The molecule has 21 heavy (non-hydrogen) atoms. The summed E-state index contributed by atoms with van der Waals surface area (Å²) in [6.07, 6.45) is -3.71. The van der Waals surface area contributed by atoms with E-state index in [1.807, 2.05) is 13.8 Å². The Balaban J connectivity index is 2.09. The highest BCUT2D eigenvalue weighted by Gasteiger charge is 2.64. The van der Waals surface area contributed by atoms with Gasteiger partial charge in [0.1, 0.15) is 0 Å². The number of alkyl halides is 3. The molecule has 3 unspecified atom stereocenters. The van der Waals surface area contributed by atoms with Crippen LogP contribution in [0, 0.1) is 11.3 Å². The summed E-state index contributed by atoms with van der Waals surface area (Å²) >= 11 is 0. The Kier molecular flexibility index (Phi) is 4.54. The minimum absolute atomic E-state index is 0.0188. The third-order valence-electron chi connectivity index (χ3n) is 4.80. The van der Waals surface area contributed by atoms with Gasteiger partial charge in [0.2, 0.25) is 0 Å². The lowest BCUT2D eigenvalue weighted by Gasteiger charge is -2.37. The maximum absolute atomic E-state index is 13.2. The highest BCUT2D eigenvalue weighted by atomic mass is 19.4. The molecule has 2 aliphatic heterocycles. The molecular weight excluding hydrogens is 287 g/mol. The number of carboxylic acid groups (broad SMARTS) is 1. The summed E-state index contributed by atoms with van der Waals surface area (Å²) in [5.41, 5.74) is -2.61. The van der Waals surface area contributed by atoms with Crippen molar-refractivity contribution >= 4 is 5.97 Å². The lowest BCUT2D eigenvalue weighted by atomic mass is 9.86. The van der Waals surface area contributed by atoms with Gasteiger partial charge in [0.15, 0.2) is 5.41 Å².